The summed E-state index contributed by atoms with van der Waals surface area (Å²) in [5, 5.41) is 0. The van der Waals surface area contributed by atoms with Crippen LogP contribution in [-0.2, 0) is 14.3 Å². The summed E-state index contributed by atoms with van der Waals surface area (Å²) in [5.74, 6) is 0.0509. The van der Waals surface area contributed by atoms with Crippen LogP contribution >= 0.6 is 0 Å². The van der Waals surface area contributed by atoms with Crippen LogP contribution in [0.5, 0.6) is 0 Å². The Bertz CT molecular complexity index is 402. The molecule has 1 aliphatic carbocycles. The average molecular weight is 281 g/mol. The Labute approximate surface area is 119 Å². The second-order valence-corrected chi connectivity index (χ2v) is 6.10. The van der Waals surface area contributed by atoms with Gasteiger partial charge in [-0.25, -0.2) is 0 Å². The van der Waals surface area contributed by atoms with Crippen LogP contribution in [0.2, 0.25) is 0 Å². The first-order chi connectivity index (χ1) is 9.62. The standard InChI is InChI=1S/C14H23N3O3/c15-14(4-2-5-14)13(19)17-6-1-3-11(17)12(18)16-7-9-20-10-8-16/h11H,1-10,15H2. The number of morpholine rings is 1. The van der Waals surface area contributed by atoms with Crippen LogP contribution in [0.15, 0.2) is 0 Å². The average Bonchev–Trinajstić information content (AvgIpc) is 2.93. The zero-order chi connectivity index (χ0) is 14.2. The topological polar surface area (TPSA) is 75.9 Å². The highest BCUT2D eigenvalue weighted by Gasteiger charge is 2.47. The fraction of sp³-hybridized carbons (Fsp3) is 0.857. The lowest BCUT2D eigenvalue weighted by molar-refractivity contribution is -0.150. The summed E-state index contributed by atoms with van der Waals surface area (Å²) < 4.78 is 5.27. The van der Waals surface area contributed by atoms with E-state index >= 15 is 0 Å². The summed E-state index contributed by atoms with van der Waals surface area (Å²) in [4.78, 5) is 28.7. The number of likely N-dealkylation sites (tertiary alicyclic amines) is 1. The van der Waals surface area contributed by atoms with Crippen molar-refractivity contribution in [3.05, 3.63) is 0 Å². The van der Waals surface area contributed by atoms with E-state index in [1.54, 1.807) is 4.90 Å². The molecule has 6 heteroatoms. The predicted octanol–water partition coefficient (Wildman–Crippen LogP) is -0.282. The largest absolute Gasteiger partial charge is 0.378 e. The lowest BCUT2D eigenvalue weighted by atomic mass is 9.76. The first-order valence-electron chi connectivity index (χ1n) is 7.58. The van der Waals surface area contributed by atoms with Gasteiger partial charge in [0, 0.05) is 19.6 Å². The molecule has 2 N–H and O–H groups in total. The van der Waals surface area contributed by atoms with E-state index in [1.165, 1.54) is 0 Å². The van der Waals surface area contributed by atoms with E-state index in [0.29, 0.717) is 32.8 Å². The molecule has 2 saturated heterocycles. The number of amides is 2. The lowest BCUT2D eigenvalue weighted by Gasteiger charge is -2.41. The maximum absolute atomic E-state index is 12.6. The van der Waals surface area contributed by atoms with Crippen molar-refractivity contribution >= 4 is 11.8 Å². The van der Waals surface area contributed by atoms with E-state index in [1.807, 2.05) is 4.90 Å². The molecule has 0 radical (unpaired) electrons. The third kappa shape index (κ3) is 2.31. The summed E-state index contributed by atoms with van der Waals surface area (Å²) in [6.07, 6.45) is 4.17. The molecular formula is C14H23N3O3. The van der Waals surface area contributed by atoms with Crippen molar-refractivity contribution in [3.63, 3.8) is 0 Å². The molecule has 0 spiro atoms. The van der Waals surface area contributed by atoms with Crippen LogP contribution in [0.3, 0.4) is 0 Å². The van der Waals surface area contributed by atoms with E-state index in [2.05, 4.69) is 0 Å². The summed E-state index contributed by atoms with van der Waals surface area (Å²) in [7, 11) is 0. The van der Waals surface area contributed by atoms with Crippen molar-refractivity contribution in [3.8, 4) is 0 Å². The molecular weight excluding hydrogens is 258 g/mol. The molecule has 2 heterocycles. The van der Waals surface area contributed by atoms with Crippen LogP contribution in [0.1, 0.15) is 32.1 Å². The fourth-order valence-electron chi connectivity index (χ4n) is 3.32. The summed E-state index contributed by atoms with van der Waals surface area (Å²) in [5.41, 5.74) is 5.43. The molecule has 0 aromatic heterocycles. The molecule has 2 aliphatic heterocycles. The number of hydrogen-bond acceptors (Lipinski definition) is 4. The smallest absolute Gasteiger partial charge is 0.245 e. The molecule has 3 aliphatic rings. The molecule has 6 nitrogen and oxygen atoms in total. The number of carbonyl (C=O) groups is 2. The van der Waals surface area contributed by atoms with Gasteiger partial charge in [-0.3, -0.25) is 9.59 Å². The minimum absolute atomic E-state index is 0.0205. The van der Waals surface area contributed by atoms with Gasteiger partial charge >= 0.3 is 0 Å². The third-order valence-corrected chi connectivity index (χ3v) is 4.79. The van der Waals surface area contributed by atoms with Gasteiger partial charge in [0.05, 0.1) is 18.8 Å². The second kappa shape index (κ2) is 5.33. The lowest BCUT2D eigenvalue weighted by Crippen LogP contribution is -2.62. The van der Waals surface area contributed by atoms with E-state index in [9.17, 15) is 9.59 Å². The van der Waals surface area contributed by atoms with Gasteiger partial charge in [0.1, 0.15) is 6.04 Å². The monoisotopic (exact) mass is 281 g/mol. The Kier molecular flexibility index (Phi) is 3.69. The maximum Gasteiger partial charge on any atom is 0.245 e. The normalized spacial score (nSPS) is 29.1. The number of nitrogens with zero attached hydrogens (tertiary/aromatic N) is 2. The Morgan fingerprint density at radius 1 is 1.10 bits per heavy atom. The van der Waals surface area contributed by atoms with Crippen molar-refractivity contribution in [2.24, 2.45) is 5.73 Å². The number of carbonyl (C=O) groups excluding carboxylic acids is 2. The Hall–Kier alpha value is -1.14. The van der Waals surface area contributed by atoms with Crippen molar-refractivity contribution in [1.82, 2.24) is 9.80 Å². The molecule has 1 saturated carbocycles. The molecule has 3 fully saturated rings. The minimum atomic E-state index is -0.701. The number of ether oxygens (including phenoxy) is 1. The van der Waals surface area contributed by atoms with Crippen molar-refractivity contribution in [1.29, 1.82) is 0 Å². The van der Waals surface area contributed by atoms with E-state index in [0.717, 1.165) is 32.1 Å². The highest BCUT2D eigenvalue weighted by atomic mass is 16.5. The van der Waals surface area contributed by atoms with Crippen LogP contribution < -0.4 is 5.73 Å². The summed E-state index contributed by atoms with van der Waals surface area (Å²) >= 11 is 0. The van der Waals surface area contributed by atoms with Crippen LogP contribution in [0.4, 0.5) is 0 Å². The van der Waals surface area contributed by atoms with Gasteiger partial charge in [-0.1, -0.05) is 0 Å². The Morgan fingerprint density at radius 2 is 1.80 bits per heavy atom. The zero-order valence-electron chi connectivity index (χ0n) is 11.8. The van der Waals surface area contributed by atoms with Gasteiger partial charge in [-0.2, -0.15) is 0 Å². The Balaban J connectivity index is 1.68. The Morgan fingerprint density at radius 3 is 2.40 bits per heavy atom. The van der Waals surface area contributed by atoms with Crippen molar-refractivity contribution in [2.45, 2.75) is 43.7 Å². The van der Waals surface area contributed by atoms with Crippen LogP contribution in [-0.4, -0.2) is 66.0 Å². The predicted molar refractivity (Wildman–Crippen MR) is 72.9 cm³/mol. The molecule has 112 valence electrons. The highest BCUT2D eigenvalue weighted by Crippen LogP contribution is 2.33. The van der Waals surface area contributed by atoms with E-state index < -0.39 is 5.54 Å². The first-order valence-corrected chi connectivity index (χ1v) is 7.58. The molecule has 0 aromatic rings. The summed E-state index contributed by atoms with van der Waals surface area (Å²) in [6.45, 7) is 3.11. The fourth-order valence-corrected chi connectivity index (χ4v) is 3.32. The number of rotatable bonds is 2. The van der Waals surface area contributed by atoms with Gasteiger partial charge in [-0.05, 0) is 32.1 Å². The maximum atomic E-state index is 12.6. The van der Waals surface area contributed by atoms with Gasteiger partial charge in [0.15, 0.2) is 0 Å². The SMILES string of the molecule is NC1(C(=O)N2CCCC2C(=O)N2CCOCC2)CCC1. The minimum Gasteiger partial charge on any atom is -0.378 e. The van der Waals surface area contributed by atoms with Gasteiger partial charge < -0.3 is 20.3 Å². The molecule has 0 bridgehead atoms. The van der Waals surface area contributed by atoms with Crippen molar-refractivity contribution in [2.75, 3.05) is 32.8 Å². The number of nitrogens with two attached hydrogens (primary N) is 1. The molecule has 1 unspecified atom stereocenters. The van der Waals surface area contributed by atoms with Gasteiger partial charge in [-0.15, -0.1) is 0 Å². The van der Waals surface area contributed by atoms with Crippen LogP contribution in [0.25, 0.3) is 0 Å². The molecule has 0 aromatic carbocycles. The molecule has 2 amide bonds. The van der Waals surface area contributed by atoms with Gasteiger partial charge in [0.25, 0.3) is 0 Å². The first kappa shape index (κ1) is 13.8. The second-order valence-electron chi connectivity index (χ2n) is 6.10. The summed E-state index contributed by atoms with van der Waals surface area (Å²) in [6, 6.07) is -0.304. The molecule has 20 heavy (non-hydrogen) atoms. The van der Waals surface area contributed by atoms with Crippen LogP contribution in [0, 0.1) is 0 Å². The molecule has 3 rings (SSSR count). The third-order valence-electron chi connectivity index (χ3n) is 4.79. The van der Waals surface area contributed by atoms with E-state index in [-0.39, 0.29) is 17.9 Å². The zero-order valence-corrected chi connectivity index (χ0v) is 11.8. The van der Waals surface area contributed by atoms with Gasteiger partial charge in [0.2, 0.25) is 11.8 Å². The number of hydrogen-bond donors (Lipinski definition) is 1. The van der Waals surface area contributed by atoms with Crippen molar-refractivity contribution < 1.29 is 14.3 Å². The highest BCUT2D eigenvalue weighted by molar-refractivity contribution is 5.93. The van der Waals surface area contributed by atoms with E-state index in [4.69, 9.17) is 10.5 Å². The molecule has 1 atom stereocenters. The quantitative estimate of drug-likeness (QED) is 0.755.